The number of hydrogen-bond acceptors (Lipinski definition) is 2. The molecule has 0 heterocycles. The predicted molar refractivity (Wildman–Crippen MR) is 58.5 cm³/mol. The van der Waals surface area contributed by atoms with Gasteiger partial charge in [0.2, 0.25) is 0 Å². The molecule has 0 fully saturated rings. The number of carbonyl (C=O) groups excluding carboxylic acids is 1. The fourth-order valence-corrected chi connectivity index (χ4v) is 1.47. The van der Waals surface area contributed by atoms with Crippen molar-refractivity contribution in [2.24, 2.45) is 5.41 Å². The van der Waals surface area contributed by atoms with E-state index in [9.17, 15) is 4.79 Å². The van der Waals surface area contributed by atoms with Crippen molar-refractivity contribution in [3.05, 3.63) is 0 Å². The molecule has 0 aromatic heterocycles. The molecule has 0 N–H and O–H groups in total. The quantitative estimate of drug-likeness (QED) is 0.537. The second-order valence-electron chi connectivity index (χ2n) is 3.06. The van der Waals surface area contributed by atoms with E-state index in [1.165, 1.54) is 0 Å². The van der Waals surface area contributed by atoms with Crippen LogP contribution in [-0.4, -0.2) is 39.9 Å². The summed E-state index contributed by atoms with van der Waals surface area (Å²) >= 11 is 0. The van der Waals surface area contributed by atoms with Gasteiger partial charge in [0.05, 0.1) is 12.0 Å². The maximum absolute atomic E-state index is 11.5. The number of carbonyl (C=O) groups is 1. The van der Waals surface area contributed by atoms with Crippen LogP contribution >= 0.6 is 0 Å². The summed E-state index contributed by atoms with van der Waals surface area (Å²) in [5.74, 6) is -0.0301. The molecule has 0 unspecified atom stereocenters. The fourth-order valence-electron chi connectivity index (χ4n) is 1.47. The van der Waals surface area contributed by atoms with Gasteiger partial charge in [-0.25, -0.2) is 0 Å². The molecule has 2 nitrogen and oxygen atoms in total. The van der Waals surface area contributed by atoms with Gasteiger partial charge in [-0.1, -0.05) is 20.8 Å². The first-order valence-electron chi connectivity index (χ1n) is 4.84. The summed E-state index contributed by atoms with van der Waals surface area (Å²) in [6, 6.07) is 0. The standard InChI is InChI=1S/C10H20O2.Pb.2H/c1-5-10(6-2,7-3)9(11)12-8-4;;;/h5-8H2,1-4H3;;;. The van der Waals surface area contributed by atoms with Crippen LogP contribution in [0.3, 0.4) is 0 Å². The molecule has 0 aromatic carbocycles. The summed E-state index contributed by atoms with van der Waals surface area (Å²) < 4.78 is 5.04. The third kappa shape index (κ3) is 3.96. The summed E-state index contributed by atoms with van der Waals surface area (Å²) in [5, 5.41) is 0. The van der Waals surface area contributed by atoms with Crippen molar-refractivity contribution in [3.63, 3.8) is 0 Å². The molecule has 0 amide bonds. The molecular weight excluding hydrogens is 359 g/mol. The molecule has 0 atom stereocenters. The Kier molecular flexibility index (Phi) is 9.46. The first-order valence-corrected chi connectivity index (χ1v) is 4.84. The number of ether oxygens (including phenoxy) is 1. The van der Waals surface area contributed by atoms with Crippen molar-refractivity contribution in [1.82, 2.24) is 0 Å². The van der Waals surface area contributed by atoms with Crippen molar-refractivity contribution >= 4 is 33.3 Å². The molecule has 78 valence electrons. The van der Waals surface area contributed by atoms with E-state index >= 15 is 0 Å². The molecule has 0 aliphatic carbocycles. The number of hydrogen-bond donors (Lipinski definition) is 0. The van der Waals surface area contributed by atoms with Crippen LogP contribution in [0.2, 0.25) is 0 Å². The molecule has 13 heavy (non-hydrogen) atoms. The third-order valence-electron chi connectivity index (χ3n) is 2.74. The van der Waals surface area contributed by atoms with Crippen LogP contribution in [0, 0.1) is 5.41 Å². The monoisotopic (exact) mass is 382 g/mol. The Morgan fingerprint density at radius 2 is 1.46 bits per heavy atom. The fraction of sp³-hybridized carbons (Fsp3) is 0.900. The summed E-state index contributed by atoms with van der Waals surface area (Å²) in [4.78, 5) is 11.5. The summed E-state index contributed by atoms with van der Waals surface area (Å²) in [6.07, 6.45) is 2.62. The molecule has 0 saturated heterocycles. The van der Waals surface area contributed by atoms with Gasteiger partial charge in [0.1, 0.15) is 0 Å². The van der Waals surface area contributed by atoms with Gasteiger partial charge >= 0.3 is 33.3 Å². The molecule has 0 aliphatic rings. The van der Waals surface area contributed by atoms with Crippen molar-refractivity contribution in [2.75, 3.05) is 6.61 Å². The van der Waals surface area contributed by atoms with Crippen LogP contribution < -0.4 is 0 Å². The van der Waals surface area contributed by atoms with Crippen LogP contribution in [-0.2, 0) is 9.53 Å². The molecule has 2 radical (unpaired) electrons. The number of rotatable bonds is 5. The Bertz CT molecular complexity index is 134. The van der Waals surface area contributed by atoms with E-state index in [0.29, 0.717) is 6.61 Å². The predicted octanol–water partition coefficient (Wildman–Crippen LogP) is 1.85. The zero-order valence-electron chi connectivity index (χ0n) is 9.35. The van der Waals surface area contributed by atoms with Crippen molar-refractivity contribution in [1.29, 1.82) is 0 Å². The zero-order valence-corrected chi connectivity index (χ0v) is 14.8. The van der Waals surface area contributed by atoms with Crippen molar-refractivity contribution in [3.8, 4) is 0 Å². The minimum absolute atomic E-state index is 0. The first kappa shape index (κ1) is 15.8. The maximum atomic E-state index is 11.5. The zero-order chi connectivity index (χ0) is 9.61. The molecule has 0 rings (SSSR count). The van der Waals surface area contributed by atoms with E-state index in [-0.39, 0.29) is 38.7 Å². The van der Waals surface area contributed by atoms with Gasteiger partial charge in [-0.05, 0) is 26.2 Å². The van der Waals surface area contributed by atoms with Crippen molar-refractivity contribution in [2.45, 2.75) is 47.0 Å². The van der Waals surface area contributed by atoms with Gasteiger partial charge < -0.3 is 4.74 Å². The average molecular weight is 381 g/mol. The van der Waals surface area contributed by atoms with Crippen LogP contribution in [0.4, 0.5) is 0 Å². The molecule has 0 bridgehead atoms. The van der Waals surface area contributed by atoms with Gasteiger partial charge in [0, 0.05) is 0 Å². The van der Waals surface area contributed by atoms with Crippen LogP contribution in [0.5, 0.6) is 0 Å². The molecule has 0 aromatic rings. The third-order valence-corrected chi connectivity index (χ3v) is 2.74. The van der Waals surface area contributed by atoms with E-state index in [1.807, 2.05) is 27.7 Å². The van der Waals surface area contributed by atoms with Gasteiger partial charge in [0.15, 0.2) is 0 Å². The topological polar surface area (TPSA) is 26.3 Å². The molecule has 0 spiro atoms. The minimum atomic E-state index is -0.226. The molecule has 0 saturated carbocycles. The molecule has 3 heteroatoms. The van der Waals surface area contributed by atoms with Crippen LogP contribution in [0.15, 0.2) is 0 Å². The van der Waals surface area contributed by atoms with E-state index < -0.39 is 0 Å². The van der Waals surface area contributed by atoms with Crippen LogP contribution in [0.1, 0.15) is 47.0 Å². The first-order chi connectivity index (χ1) is 5.66. The van der Waals surface area contributed by atoms with Gasteiger partial charge in [0.25, 0.3) is 0 Å². The SMILES string of the molecule is CCOC(=O)C(CC)(CC)CC.[PbH2]. The second kappa shape index (κ2) is 7.76. The second-order valence-corrected chi connectivity index (χ2v) is 3.06. The van der Waals surface area contributed by atoms with Gasteiger partial charge in [-0.3, -0.25) is 4.79 Å². The summed E-state index contributed by atoms with van der Waals surface area (Å²) in [5.41, 5.74) is -0.226. The van der Waals surface area contributed by atoms with E-state index in [0.717, 1.165) is 19.3 Å². The summed E-state index contributed by atoms with van der Waals surface area (Å²) in [6.45, 7) is 8.47. The number of esters is 1. The molecule has 0 aliphatic heterocycles. The Morgan fingerprint density at radius 1 is 1.08 bits per heavy atom. The summed E-state index contributed by atoms with van der Waals surface area (Å²) in [7, 11) is 0. The van der Waals surface area contributed by atoms with Crippen LogP contribution in [0.25, 0.3) is 0 Å². The normalized spacial score (nSPS) is 10.5. The van der Waals surface area contributed by atoms with E-state index in [2.05, 4.69) is 0 Å². The van der Waals surface area contributed by atoms with Gasteiger partial charge in [-0.2, -0.15) is 0 Å². The Morgan fingerprint density at radius 3 is 1.69 bits per heavy atom. The molecular formula is C10H22O2Pb. The Labute approximate surface area is 102 Å². The average Bonchev–Trinajstić information content (AvgIpc) is 2.09. The Balaban J connectivity index is 0. The Hall–Kier alpha value is 0.392. The van der Waals surface area contributed by atoms with Crippen molar-refractivity contribution < 1.29 is 9.53 Å². The van der Waals surface area contributed by atoms with E-state index in [1.54, 1.807) is 0 Å². The van der Waals surface area contributed by atoms with Gasteiger partial charge in [-0.15, -0.1) is 0 Å². The van der Waals surface area contributed by atoms with E-state index in [4.69, 9.17) is 4.74 Å².